The summed E-state index contributed by atoms with van der Waals surface area (Å²) in [7, 11) is 0. The number of aromatic hydroxyl groups is 6. The van der Waals surface area contributed by atoms with Gasteiger partial charge in [-0.05, 0) is 47.5 Å². The zero-order valence-electron chi connectivity index (χ0n) is 20.5. The van der Waals surface area contributed by atoms with Crippen LogP contribution < -0.4 is 4.74 Å². The van der Waals surface area contributed by atoms with Crippen LogP contribution in [0.3, 0.4) is 0 Å². The van der Waals surface area contributed by atoms with Gasteiger partial charge in [-0.1, -0.05) is 18.2 Å². The SMILES string of the molecule is O=C(O[C@H]1[C@H](Oc2cc(/C=C/c3cc(O)cc(O)c3)ccc2O)O[C@H](CO)[C@@H](O)[C@@H]1O)c1cc(O)c(O)c(O)c1. The summed E-state index contributed by atoms with van der Waals surface area (Å²) >= 11 is 0. The fourth-order valence-electron chi connectivity index (χ4n) is 3.95. The molecule has 1 heterocycles. The lowest BCUT2D eigenvalue weighted by Crippen LogP contribution is -2.61. The molecule has 13 heteroatoms. The standard InChI is InChI=1S/C27H26O13/c28-11-21-23(35)24(36)25(40-26(37)14-8-18(32)22(34)19(33)9-14)27(39-21)38-20-7-12(3-4-17(20)31)1-2-13-5-15(29)10-16(30)6-13/h1-10,21,23-25,27-36H,11H2/b2-1+/t21-,23-,24+,25-,27-/m1/s1. The van der Waals surface area contributed by atoms with Gasteiger partial charge in [0.25, 0.3) is 0 Å². The summed E-state index contributed by atoms with van der Waals surface area (Å²) in [6.45, 7) is -0.746. The van der Waals surface area contributed by atoms with Crippen LogP contribution in [0.25, 0.3) is 12.2 Å². The predicted molar refractivity (Wildman–Crippen MR) is 136 cm³/mol. The molecule has 212 valence electrons. The molecule has 0 aromatic heterocycles. The molecule has 4 rings (SSSR count). The van der Waals surface area contributed by atoms with E-state index in [2.05, 4.69) is 0 Å². The monoisotopic (exact) mass is 558 g/mol. The molecular formula is C27H26O13. The van der Waals surface area contributed by atoms with Crippen LogP contribution in [0, 0.1) is 0 Å². The van der Waals surface area contributed by atoms with Crippen molar-refractivity contribution in [3.8, 4) is 40.2 Å². The van der Waals surface area contributed by atoms with Gasteiger partial charge in [0.1, 0.15) is 29.8 Å². The molecule has 1 aliphatic heterocycles. The van der Waals surface area contributed by atoms with Gasteiger partial charge >= 0.3 is 5.97 Å². The molecule has 0 saturated carbocycles. The number of aliphatic hydroxyl groups is 3. The number of phenolic OH excluding ortho intramolecular Hbond substituents is 6. The molecule has 0 unspecified atom stereocenters. The molecule has 13 nitrogen and oxygen atoms in total. The molecule has 9 N–H and O–H groups in total. The molecule has 0 aliphatic carbocycles. The van der Waals surface area contributed by atoms with E-state index in [0.717, 1.165) is 18.2 Å². The number of aliphatic hydroxyl groups excluding tert-OH is 3. The van der Waals surface area contributed by atoms with Crippen molar-refractivity contribution in [1.29, 1.82) is 0 Å². The van der Waals surface area contributed by atoms with Gasteiger partial charge in [-0.15, -0.1) is 0 Å². The first kappa shape index (κ1) is 28.3. The van der Waals surface area contributed by atoms with E-state index in [1.165, 1.54) is 30.3 Å². The Kier molecular flexibility index (Phi) is 8.21. The third kappa shape index (κ3) is 6.13. The average molecular weight is 558 g/mol. The van der Waals surface area contributed by atoms with Crippen LogP contribution in [0.4, 0.5) is 0 Å². The van der Waals surface area contributed by atoms with Crippen LogP contribution >= 0.6 is 0 Å². The summed E-state index contributed by atoms with van der Waals surface area (Å²) < 4.78 is 16.5. The first-order valence-electron chi connectivity index (χ1n) is 11.8. The molecular weight excluding hydrogens is 532 g/mol. The Hall–Kier alpha value is -4.69. The molecule has 40 heavy (non-hydrogen) atoms. The van der Waals surface area contributed by atoms with E-state index in [-0.39, 0.29) is 23.0 Å². The number of esters is 1. The zero-order valence-corrected chi connectivity index (χ0v) is 20.5. The van der Waals surface area contributed by atoms with E-state index in [4.69, 9.17) is 14.2 Å². The Bertz CT molecular complexity index is 1380. The van der Waals surface area contributed by atoms with Gasteiger partial charge in [-0.25, -0.2) is 4.79 Å². The van der Waals surface area contributed by atoms with Crippen molar-refractivity contribution in [2.45, 2.75) is 30.7 Å². The highest BCUT2D eigenvalue weighted by molar-refractivity contribution is 5.91. The van der Waals surface area contributed by atoms with Gasteiger partial charge < -0.3 is 60.2 Å². The van der Waals surface area contributed by atoms with Crippen molar-refractivity contribution < 1.29 is 65.0 Å². The molecule has 0 amide bonds. The topological polar surface area (TPSA) is 227 Å². The van der Waals surface area contributed by atoms with Gasteiger partial charge in [0, 0.05) is 6.07 Å². The van der Waals surface area contributed by atoms with Crippen molar-refractivity contribution >= 4 is 18.1 Å². The van der Waals surface area contributed by atoms with E-state index in [1.807, 2.05) is 0 Å². The van der Waals surface area contributed by atoms with Gasteiger partial charge in [0.2, 0.25) is 6.29 Å². The number of carbonyl (C=O) groups excluding carboxylic acids is 1. The van der Waals surface area contributed by atoms with E-state index >= 15 is 0 Å². The summed E-state index contributed by atoms with van der Waals surface area (Å²) in [5, 5.41) is 89.2. The van der Waals surface area contributed by atoms with Crippen LogP contribution in [-0.4, -0.2) is 89.2 Å². The fraction of sp³-hybridized carbons (Fsp3) is 0.222. The summed E-state index contributed by atoms with van der Waals surface area (Å²) in [5.41, 5.74) is 0.504. The highest BCUT2D eigenvalue weighted by Gasteiger charge is 2.48. The van der Waals surface area contributed by atoms with E-state index in [1.54, 1.807) is 12.2 Å². The van der Waals surface area contributed by atoms with Crippen molar-refractivity contribution in [3.63, 3.8) is 0 Å². The van der Waals surface area contributed by atoms with Crippen molar-refractivity contribution in [2.75, 3.05) is 6.61 Å². The fourth-order valence-corrected chi connectivity index (χ4v) is 3.95. The lowest BCUT2D eigenvalue weighted by molar-refractivity contribution is -0.276. The van der Waals surface area contributed by atoms with Crippen LogP contribution in [-0.2, 0) is 9.47 Å². The Morgan fingerprint density at radius 2 is 1.43 bits per heavy atom. The summed E-state index contributed by atoms with van der Waals surface area (Å²) in [4.78, 5) is 12.7. The molecule has 1 fully saturated rings. The van der Waals surface area contributed by atoms with Gasteiger partial charge in [0.15, 0.2) is 34.9 Å². The van der Waals surface area contributed by atoms with E-state index < -0.39 is 66.1 Å². The van der Waals surface area contributed by atoms with Gasteiger partial charge in [-0.2, -0.15) is 0 Å². The summed E-state index contributed by atoms with van der Waals surface area (Å²) in [6, 6.07) is 9.70. The lowest BCUT2D eigenvalue weighted by atomic mass is 9.99. The average Bonchev–Trinajstić information content (AvgIpc) is 2.90. The maximum atomic E-state index is 12.7. The summed E-state index contributed by atoms with van der Waals surface area (Å²) in [6.07, 6.45) is -5.21. The van der Waals surface area contributed by atoms with Crippen LogP contribution in [0.2, 0.25) is 0 Å². The first-order valence-corrected chi connectivity index (χ1v) is 11.8. The second-order valence-corrected chi connectivity index (χ2v) is 8.90. The largest absolute Gasteiger partial charge is 0.508 e. The van der Waals surface area contributed by atoms with Crippen molar-refractivity contribution in [2.24, 2.45) is 0 Å². The van der Waals surface area contributed by atoms with Crippen LogP contribution in [0.1, 0.15) is 21.5 Å². The Balaban J connectivity index is 1.60. The molecule has 0 bridgehead atoms. The van der Waals surface area contributed by atoms with E-state index in [9.17, 15) is 50.8 Å². The number of carbonyl (C=O) groups is 1. The maximum absolute atomic E-state index is 12.7. The second-order valence-electron chi connectivity index (χ2n) is 8.90. The Morgan fingerprint density at radius 1 is 0.800 bits per heavy atom. The second kappa shape index (κ2) is 11.6. The third-order valence-corrected chi connectivity index (χ3v) is 5.99. The Morgan fingerprint density at radius 3 is 2.05 bits per heavy atom. The smallest absolute Gasteiger partial charge is 0.339 e. The minimum Gasteiger partial charge on any atom is -0.508 e. The maximum Gasteiger partial charge on any atom is 0.339 e. The minimum absolute atomic E-state index is 0.152. The Labute approximate surface area is 226 Å². The summed E-state index contributed by atoms with van der Waals surface area (Å²) in [5.74, 6) is -4.61. The van der Waals surface area contributed by atoms with Crippen LogP contribution in [0.5, 0.6) is 40.2 Å². The zero-order chi connectivity index (χ0) is 29.1. The molecule has 5 atom stereocenters. The number of ether oxygens (including phenoxy) is 3. The number of benzene rings is 3. The first-order chi connectivity index (χ1) is 19.0. The molecule has 3 aromatic rings. The minimum atomic E-state index is -1.84. The highest BCUT2D eigenvalue weighted by Crippen LogP contribution is 2.37. The number of hydrogen-bond donors (Lipinski definition) is 9. The molecule has 0 spiro atoms. The van der Waals surface area contributed by atoms with E-state index in [0.29, 0.717) is 11.1 Å². The van der Waals surface area contributed by atoms with Crippen molar-refractivity contribution in [1.82, 2.24) is 0 Å². The molecule has 1 saturated heterocycles. The van der Waals surface area contributed by atoms with Crippen molar-refractivity contribution in [3.05, 3.63) is 65.2 Å². The normalized spacial score (nSPS) is 22.7. The molecule has 1 aliphatic rings. The molecule has 3 aromatic carbocycles. The predicted octanol–water partition coefficient (Wildman–Crippen LogP) is 1.13. The molecule has 0 radical (unpaired) electrons. The van der Waals surface area contributed by atoms with Gasteiger partial charge in [0.05, 0.1) is 12.2 Å². The highest BCUT2D eigenvalue weighted by atomic mass is 16.7. The third-order valence-electron chi connectivity index (χ3n) is 5.99. The van der Waals surface area contributed by atoms with Gasteiger partial charge in [-0.3, -0.25) is 0 Å². The number of hydrogen-bond acceptors (Lipinski definition) is 13. The lowest BCUT2D eigenvalue weighted by Gasteiger charge is -2.41. The number of rotatable bonds is 7. The van der Waals surface area contributed by atoms with Crippen LogP contribution in [0.15, 0.2) is 48.5 Å². The number of phenols is 6. The quantitative estimate of drug-likeness (QED) is 0.113.